The summed E-state index contributed by atoms with van der Waals surface area (Å²) in [5, 5.41) is 2.88. The molecule has 37 heavy (non-hydrogen) atoms. The number of alkyl halides is 3. The molecule has 2 aliphatic heterocycles. The molecule has 3 fully saturated rings. The van der Waals surface area contributed by atoms with E-state index in [1.165, 1.54) is 0 Å². The first kappa shape index (κ1) is 27.3. The maximum absolute atomic E-state index is 14.0. The lowest BCUT2D eigenvalue weighted by molar-refractivity contribution is -0.168. The number of carbonyl (C=O) groups excluding carboxylic acids is 2. The van der Waals surface area contributed by atoms with Crippen molar-refractivity contribution in [2.45, 2.75) is 31.5 Å². The van der Waals surface area contributed by atoms with Gasteiger partial charge in [-0.1, -0.05) is 30.3 Å². The minimum absolute atomic E-state index is 0. The molecule has 2 heterocycles. The van der Waals surface area contributed by atoms with Crippen LogP contribution in [0.4, 0.5) is 24.5 Å². The molecule has 0 radical (unpaired) electrons. The standard InChI is InChI=1S/C27H31F3N4O2.ClH/c1-32-13-14-34(24(17-32)18-5-3-2-4-6-18)26(36)22-10-9-21(31-25(35)19-7-8-19)15-23(22)33-12-11-20(16-33)27(28,29)30;/h2-6,9-10,15,19-20,24H,7-8,11-14,16-17H2,1H3,(H,31,35);1H. The van der Waals surface area contributed by atoms with E-state index in [9.17, 15) is 22.8 Å². The van der Waals surface area contributed by atoms with Crippen molar-refractivity contribution in [1.82, 2.24) is 9.80 Å². The lowest BCUT2D eigenvalue weighted by atomic mass is 10.0. The summed E-state index contributed by atoms with van der Waals surface area (Å²) in [6.45, 7) is 1.89. The number of halogens is 4. The fraction of sp³-hybridized carbons (Fsp3) is 0.481. The van der Waals surface area contributed by atoms with Gasteiger partial charge in [0, 0.05) is 44.3 Å². The van der Waals surface area contributed by atoms with Crippen molar-refractivity contribution in [3.05, 3.63) is 59.7 Å². The SMILES string of the molecule is CN1CCN(C(=O)c2ccc(NC(=O)C3CC3)cc2N2CCC(C(F)(F)F)C2)C(c2ccccc2)C1.Cl. The molecule has 5 rings (SSSR count). The Morgan fingerprint density at radius 1 is 0.946 bits per heavy atom. The first-order valence-corrected chi connectivity index (χ1v) is 12.5. The summed E-state index contributed by atoms with van der Waals surface area (Å²) >= 11 is 0. The fourth-order valence-corrected chi connectivity index (χ4v) is 5.17. The number of carbonyl (C=O) groups is 2. The summed E-state index contributed by atoms with van der Waals surface area (Å²) in [5.74, 6) is -1.74. The van der Waals surface area contributed by atoms with Crippen LogP contribution >= 0.6 is 12.4 Å². The molecule has 0 spiro atoms. The molecule has 0 aromatic heterocycles. The maximum Gasteiger partial charge on any atom is 0.393 e. The zero-order valence-corrected chi connectivity index (χ0v) is 21.5. The van der Waals surface area contributed by atoms with Gasteiger partial charge in [-0.15, -0.1) is 12.4 Å². The molecule has 6 nitrogen and oxygen atoms in total. The highest BCUT2D eigenvalue weighted by Gasteiger charge is 2.44. The average Bonchev–Trinajstić information content (AvgIpc) is 3.59. The smallest absolute Gasteiger partial charge is 0.370 e. The molecular formula is C27H32ClF3N4O2. The summed E-state index contributed by atoms with van der Waals surface area (Å²) in [4.78, 5) is 31.9. The van der Waals surface area contributed by atoms with Crippen LogP contribution in [0.5, 0.6) is 0 Å². The maximum atomic E-state index is 14.0. The monoisotopic (exact) mass is 536 g/mol. The van der Waals surface area contributed by atoms with Crippen molar-refractivity contribution >= 4 is 35.6 Å². The Labute approximate surface area is 221 Å². The van der Waals surface area contributed by atoms with Gasteiger partial charge >= 0.3 is 6.18 Å². The molecule has 1 N–H and O–H groups in total. The topological polar surface area (TPSA) is 55.9 Å². The summed E-state index contributed by atoms with van der Waals surface area (Å²) < 4.78 is 40.4. The van der Waals surface area contributed by atoms with E-state index in [4.69, 9.17) is 0 Å². The van der Waals surface area contributed by atoms with Gasteiger partial charge in [0.1, 0.15) is 0 Å². The van der Waals surface area contributed by atoms with E-state index in [0.29, 0.717) is 36.6 Å². The van der Waals surface area contributed by atoms with E-state index >= 15 is 0 Å². The average molecular weight is 537 g/mol. The largest absolute Gasteiger partial charge is 0.393 e. The molecule has 2 unspecified atom stereocenters. The zero-order valence-electron chi connectivity index (χ0n) is 20.7. The van der Waals surface area contributed by atoms with Crippen molar-refractivity contribution in [1.29, 1.82) is 0 Å². The molecule has 0 bridgehead atoms. The zero-order chi connectivity index (χ0) is 25.4. The summed E-state index contributed by atoms with van der Waals surface area (Å²) in [7, 11) is 2.02. The molecular weight excluding hydrogens is 505 g/mol. The Hall–Kier alpha value is -2.78. The fourth-order valence-electron chi connectivity index (χ4n) is 5.17. The predicted octanol–water partition coefficient (Wildman–Crippen LogP) is 4.97. The van der Waals surface area contributed by atoms with Gasteiger partial charge in [-0.05, 0) is 50.1 Å². The number of hydrogen-bond donors (Lipinski definition) is 1. The van der Waals surface area contributed by atoms with E-state index in [-0.39, 0.29) is 55.7 Å². The second kappa shape index (κ2) is 10.9. The van der Waals surface area contributed by atoms with Gasteiger partial charge in [-0.2, -0.15) is 13.2 Å². The lowest BCUT2D eigenvalue weighted by Gasteiger charge is -2.41. The number of anilines is 2. The van der Waals surface area contributed by atoms with Crippen LogP contribution < -0.4 is 10.2 Å². The molecule has 2 atom stereocenters. The van der Waals surface area contributed by atoms with Crippen molar-refractivity contribution in [3.63, 3.8) is 0 Å². The van der Waals surface area contributed by atoms with Crippen LogP contribution in [0.3, 0.4) is 0 Å². The van der Waals surface area contributed by atoms with Crippen LogP contribution in [0.25, 0.3) is 0 Å². The molecule has 2 aromatic rings. The Morgan fingerprint density at radius 3 is 2.32 bits per heavy atom. The van der Waals surface area contributed by atoms with E-state index < -0.39 is 12.1 Å². The highest BCUT2D eigenvalue weighted by atomic mass is 35.5. The number of nitrogens with one attached hydrogen (secondary N) is 1. The third kappa shape index (κ3) is 6.04. The van der Waals surface area contributed by atoms with Gasteiger partial charge in [0.2, 0.25) is 5.91 Å². The molecule has 10 heteroatoms. The molecule has 2 amide bonds. The van der Waals surface area contributed by atoms with Crippen LogP contribution in [0.15, 0.2) is 48.5 Å². The van der Waals surface area contributed by atoms with Crippen molar-refractivity contribution in [2.75, 3.05) is 50.0 Å². The third-order valence-electron chi connectivity index (χ3n) is 7.46. The van der Waals surface area contributed by atoms with Gasteiger partial charge in [0.05, 0.1) is 23.2 Å². The number of amides is 2. The minimum Gasteiger partial charge on any atom is -0.370 e. The number of benzene rings is 2. The van der Waals surface area contributed by atoms with Gasteiger partial charge < -0.3 is 20.0 Å². The molecule has 2 aromatic carbocycles. The first-order chi connectivity index (χ1) is 17.2. The Bertz CT molecular complexity index is 1130. The third-order valence-corrected chi connectivity index (χ3v) is 7.46. The number of piperazine rings is 1. The van der Waals surface area contributed by atoms with Crippen LogP contribution in [0, 0.1) is 11.8 Å². The second-order valence-electron chi connectivity index (χ2n) is 10.2. The van der Waals surface area contributed by atoms with Crippen LogP contribution in [-0.4, -0.2) is 67.6 Å². The summed E-state index contributed by atoms with van der Waals surface area (Å²) in [6.07, 6.45) is -2.61. The summed E-state index contributed by atoms with van der Waals surface area (Å²) in [5.41, 5.74) is 2.34. The van der Waals surface area contributed by atoms with Gasteiger partial charge in [-0.3, -0.25) is 9.59 Å². The lowest BCUT2D eigenvalue weighted by Crippen LogP contribution is -2.49. The van der Waals surface area contributed by atoms with E-state index in [0.717, 1.165) is 18.4 Å². The van der Waals surface area contributed by atoms with Crippen LogP contribution in [-0.2, 0) is 4.79 Å². The minimum atomic E-state index is -4.29. The van der Waals surface area contributed by atoms with Gasteiger partial charge in [0.25, 0.3) is 5.91 Å². The molecule has 2 saturated heterocycles. The molecule has 200 valence electrons. The van der Waals surface area contributed by atoms with Gasteiger partial charge in [-0.25, -0.2) is 0 Å². The van der Waals surface area contributed by atoms with E-state index in [1.54, 1.807) is 23.1 Å². The molecule has 1 aliphatic carbocycles. The number of rotatable bonds is 5. The van der Waals surface area contributed by atoms with Crippen molar-refractivity contribution in [3.8, 4) is 0 Å². The quantitative estimate of drug-likeness (QED) is 0.586. The highest BCUT2D eigenvalue weighted by Crippen LogP contribution is 2.39. The van der Waals surface area contributed by atoms with E-state index in [2.05, 4.69) is 10.2 Å². The molecule has 1 saturated carbocycles. The van der Waals surface area contributed by atoms with Crippen molar-refractivity contribution in [2.24, 2.45) is 11.8 Å². The molecule has 3 aliphatic rings. The summed E-state index contributed by atoms with van der Waals surface area (Å²) in [6, 6.07) is 14.6. The number of nitrogens with zero attached hydrogens (tertiary/aromatic N) is 3. The second-order valence-corrected chi connectivity index (χ2v) is 10.2. The number of hydrogen-bond acceptors (Lipinski definition) is 4. The van der Waals surface area contributed by atoms with Gasteiger partial charge in [0.15, 0.2) is 0 Å². The first-order valence-electron chi connectivity index (χ1n) is 12.5. The number of likely N-dealkylation sites (N-methyl/N-ethyl adjacent to an activating group) is 1. The highest BCUT2D eigenvalue weighted by molar-refractivity contribution is 6.02. The van der Waals surface area contributed by atoms with Crippen molar-refractivity contribution < 1.29 is 22.8 Å². The van der Waals surface area contributed by atoms with Crippen LogP contribution in [0.2, 0.25) is 0 Å². The Morgan fingerprint density at radius 2 is 1.68 bits per heavy atom. The Kier molecular flexibility index (Phi) is 8.04. The Balaban J connectivity index is 0.00000320. The normalized spacial score (nSPS) is 22.5. The van der Waals surface area contributed by atoms with E-state index in [1.807, 2.05) is 42.3 Å². The van der Waals surface area contributed by atoms with Crippen LogP contribution in [0.1, 0.15) is 41.2 Å². The predicted molar refractivity (Wildman–Crippen MR) is 139 cm³/mol.